The number of carbonyl (C=O) groups is 2. The fraction of sp³-hybridized carbons (Fsp3) is 0.250. The lowest BCUT2D eigenvalue weighted by molar-refractivity contribution is -0.114. The number of hydrogen-bond acceptors (Lipinski definition) is 6. The number of fused-ring (bicyclic) bond motifs is 1. The summed E-state index contributed by atoms with van der Waals surface area (Å²) in [5.41, 5.74) is 2.69. The third-order valence-electron chi connectivity index (χ3n) is 4.36. The molecule has 8 heteroatoms. The van der Waals surface area contributed by atoms with E-state index in [0.29, 0.717) is 16.9 Å². The van der Waals surface area contributed by atoms with Crippen LogP contribution < -0.4 is 15.5 Å². The van der Waals surface area contributed by atoms with Gasteiger partial charge in [0.1, 0.15) is 0 Å². The van der Waals surface area contributed by atoms with E-state index in [1.165, 1.54) is 6.92 Å². The number of rotatable bonds is 4. The van der Waals surface area contributed by atoms with Crippen LogP contribution in [0.5, 0.6) is 0 Å². The summed E-state index contributed by atoms with van der Waals surface area (Å²) < 4.78 is 6.41. The zero-order chi connectivity index (χ0) is 19.5. The molecule has 0 saturated carbocycles. The summed E-state index contributed by atoms with van der Waals surface area (Å²) in [5.74, 6) is -0.409. The molecule has 0 unspecified atom stereocenters. The summed E-state index contributed by atoms with van der Waals surface area (Å²) in [5, 5.41) is 6.57. The zero-order valence-corrected chi connectivity index (χ0v) is 16.2. The molecule has 4 rings (SSSR count). The molecular formula is C20H20N4O3S. The SMILES string of the molecule is CC(=O)Nc1cccc(C(=O)Nc2ccc3nc(N4CCOCC4)sc3c2)c1. The van der Waals surface area contributed by atoms with Gasteiger partial charge in [0.25, 0.3) is 5.91 Å². The largest absolute Gasteiger partial charge is 0.378 e. The Balaban J connectivity index is 1.51. The first-order valence-corrected chi connectivity index (χ1v) is 9.82. The molecule has 1 fully saturated rings. The maximum atomic E-state index is 12.6. The summed E-state index contributed by atoms with van der Waals surface area (Å²) in [4.78, 5) is 30.7. The maximum Gasteiger partial charge on any atom is 0.255 e. The van der Waals surface area contributed by atoms with Crippen LogP contribution in [0.3, 0.4) is 0 Å². The van der Waals surface area contributed by atoms with Crippen LogP contribution in [0, 0.1) is 0 Å². The molecule has 28 heavy (non-hydrogen) atoms. The number of hydrogen-bond donors (Lipinski definition) is 2. The molecule has 2 N–H and O–H groups in total. The Hall–Kier alpha value is -2.97. The number of thiazole rings is 1. The first-order valence-electron chi connectivity index (χ1n) is 9.01. The van der Waals surface area contributed by atoms with Gasteiger partial charge in [0.2, 0.25) is 5.91 Å². The Morgan fingerprint density at radius 3 is 2.64 bits per heavy atom. The Bertz CT molecular complexity index is 1030. The van der Waals surface area contributed by atoms with Crippen molar-refractivity contribution in [3.63, 3.8) is 0 Å². The molecule has 1 aliphatic rings. The van der Waals surface area contributed by atoms with Crippen molar-refractivity contribution in [1.29, 1.82) is 0 Å². The van der Waals surface area contributed by atoms with Crippen LogP contribution in [0.4, 0.5) is 16.5 Å². The minimum atomic E-state index is -0.232. The van der Waals surface area contributed by atoms with Gasteiger partial charge in [-0.1, -0.05) is 17.4 Å². The van der Waals surface area contributed by atoms with Crippen molar-refractivity contribution >= 4 is 49.9 Å². The van der Waals surface area contributed by atoms with Crippen LogP contribution in [-0.4, -0.2) is 43.1 Å². The second-order valence-corrected chi connectivity index (χ2v) is 7.50. The van der Waals surface area contributed by atoms with Gasteiger partial charge < -0.3 is 20.3 Å². The van der Waals surface area contributed by atoms with Crippen LogP contribution in [0.15, 0.2) is 42.5 Å². The summed E-state index contributed by atoms with van der Waals surface area (Å²) in [6, 6.07) is 12.5. The third kappa shape index (κ3) is 4.13. The number of benzene rings is 2. The molecule has 0 spiro atoms. The summed E-state index contributed by atoms with van der Waals surface area (Å²) in [6.07, 6.45) is 0. The first kappa shape index (κ1) is 18.4. The van der Waals surface area contributed by atoms with Gasteiger partial charge in [-0.05, 0) is 36.4 Å². The highest BCUT2D eigenvalue weighted by Gasteiger charge is 2.16. The maximum absolute atomic E-state index is 12.6. The van der Waals surface area contributed by atoms with Gasteiger partial charge in [0, 0.05) is 37.0 Å². The fourth-order valence-electron chi connectivity index (χ4n) is 3.02. The lowest BCUT2D eigenvalue weighted by Crippen LogP contribution is -2.36. The molecule has 0 aliphatic carbocycles. The molecule has 1 aliphatic heterocycles. The standard InChI is InChI=1S/C20H20N4O3S/c1-13(25)21-15-4-2-3-14(11-15)19(26)22-16-5-6-17-18(12-16)28-20(23-17)24-7-9-27-10-8-24/h2-6,11-12H,7-10H2,1H3,(H,21,25)(H,22,26). The zero-order valence-electron chi connectivity index (χ0n) is 15.4. The van der Waals surface area contributed by atoms with Gasteiger partial charge in [-0.15, -0.1) is 0 Å². The van der Waals surface area contributed by atoms with Gasteiger partial charge in [0.05, 0.1) is 23.4 Å². The second kappa shape index (κ2) is 7.95. The van der Waals surface area contributed by atoms with Gasteiger partial charge >= 0.3 is 0 Å². The monoisotopic (exact) mass is 396 g/mol. The van der Waals surface area contributed by atoms with E-state index in [0.717, 1.165) is 41.7 Å². The number of morpholine rings is 1. The number of nitrogens with one attached hydrogen (secondary N) is 2. The molecule has 7 nitrogen and oxygen atoms in total. The molecule has 1 saturated heterocycles. The van der Waals surface area contributed by atoms with Crippen molar-refractivity contribution in [2.24, 2.45) is 0 Å². The summed E-state index contributed by atoms with van der Waals surface area (Å²) in [6.45, 7) is 4.55. The van der Waals surface area contributed by atoms with Crippen LogP contribution in [0.25, 0.3) is 10.2 Å². The Morgan fingerprint density at radius 2 is 1.86 bits per heavy atom. The van der Waals surface area contributed by atoms with E-state index in [2.05, 4.69) is 20.5 Å². The topological polar surface area (TPSA) is 83.6 Å². The minimum absolute atomic E-state index is 0.177. The van der Waals surface area contributed by atoms with E-state index in [1.54, 1.807) is 35.6 Å². The predicted molar refractivity (Wildman–Crippen MR) is 111 cm³/mol. The number of aromatic nitrogens is 1. The second-order valence-electron chi connectivity index (χ2n) is 6.49. The lowest BCUT2D eigenvalue weighted by atomic mass is 10.2. The first-order chi connectivity index (χ1) is 13.6. The van der Waals surface area contributed by atoms with Crippen LogP contribution >= 0.6 is 11.3 Å². The summed E-state index contributed by atoms with van der Waals surface area (Å²) in [7, 11) is 0. The van der Waals surface area contributed by atoms with Crippen molar-refractivity contribution in [3.05, 3.63) is 48.0 Å². The van der Waals surface area contributed by atoms with Gasteiger partial charge in [-0.2, -0.15) is 0 Å². The molecule has 3 aromatic rings. The molecule has 2 aromatic carbocycles. The molecule has 144 valence electrons. The van der Waals surface area contributed by atoms with Crippen molar-refractivity contribution in [1.82, 2.24) is 4.98 Å². The van der Waals surface area contributed by atoms with Crippen molar-refractivity contribution in [2.75, 3.05) is 41.8 Å². The van der Waals surface area contributed by atoms with E-state index >= 15 is 0 Å². The number of nitrogens with zero attached hydrogens (tertiary/aromatic N) is 2. The average Bonchev–Trinajstić information content (AvgIpc) is 3.12. The highest BCUT2D eigenvalue weighted by atomic mass is 32.1. The van der Waals surface area contributed by atoms with Gasteiger partial charge in [-0.3, -0.25) is 9.59 Å². The van der Waals surface area contributed by atoms with Gasteiger partial charge in [-0.25, -0.2) is 4.98 Å². The number of amides is 2. The number of carbonyl (C=O) groups excluding carboxylic acids is 2. The average molecular weight is 396 g/mol. The van der Waals surface area contributed by atoms with E-state index < -0.39 is 0 Å². The Labute approximate surface area is 166 Å². The highest BCUT2D eigenvalue weighted by molar-refractivity contribution is 7.22. The van der Waals surface area contributed by atoms with Crippen LogP contribution in [0.1, 0.15) is 17.3 Å². The molecule has 0 radical (unpaired) electrons. The normalized spacial score (nSPS) is 14.1. The Morgan fingerprint density at radius 1 is 1.07 bits per heavy atom. The van der Waals surface area contributed by atoms with E-state index in [9.17, 15) is 9.59 Å². The molecule has 1 aromatic heterocycles. The fourth-order valence-corrected chi connectivity index (χ4v) is 4.08. The molecule has 2 heterocycles. The molecule has 0 atom stereocenters. The number of anilines is 3. The summed E-state index contributed by atoms with van der Waals surface area (Å²) >= 11 is 1.61. The quantitative estimate of drug-likeness (QED) is 0.707. The van der Waals surface area contributed by atoms with Crippen molar-refractivity contribution in [3.8, 4) is 0 Å². The molecular weight excluding hydrogens is 376 g/mol. The number of ether oxygens (including phenoxy) is 1. The van der Waals surface area contributed by atoms with Crippen LogP contribution in [0.2, 0.25) is 0 Å². The van der Waals surface area contributed by atoms with Crippen molar-refractivity contribution < 1.29 is 14.3 Å². The van der Waals surface area contributed by atoms with Gasteiger partial charge in [0.15, 0.2) is 5.13 Å². The Kier molecular flexibility index (Phi) is 5.23. The predicted octanol–water partition coefficient (Wildman–Crippen LogP) is 3.34. The van der Waals surface area contributed by atoms with E-state index in [-0.39, 0.29) is 11.8 Å². The lowest BCUT2D eigenvalue weighted by Gasteiger charge is -2.25. The van der Waals surface area contributed by atoms with Crippen LogP contribution in [-0.2, 0) is 9.53 Å². The van der Waals surface area contributed by atoms with E-state index in [4.69, 9.17) is 4.74 Å². The van der Waals surface area contributed by atoms with E-state index in [1.807, 2.05) is 18.2 Å². The third-order valence-corrected chi connectivity index (χ3v) is 5.44. The smallest absolute Gasteiger partial charge is 0.255 e. The van der Waals surface area contributed by atoms with Crippen molar-refractivity contribution in [2.45, 2.75) is 6.92 Å². The highest BCUT2D eigenvalue weighted by Crippen LogP contribution is 2.31. The minimum Gasteiger partial charge on any atom is -0.378 e. The molecule has 2 amide bonds. The molecule has 0 bridgehead atoms.